The molecule has 5 nitrogen and oxygen atoms in total. The first-order chi connectivity index (χ1) is 8.90. The average molecular weight is 261 g/mol. The summed E-state index contributed by atoms with van der Waals surface area (Å²) in [4.78, 5) is 35.1. The van der Waals surface area contributed by atoms with Crippen LogP contribution in [0.2, 0.25) is 0 Å². The second-order valence-electron chi connectivity index (χ2n) is 4.96. The van der Waals surface area contributed by atoms with Crippen LogP contribution in [-0.4, -0.2) is 16.1 Å². The van der Waals surface area contributed by atoms with Crippen molar-refractivity contribution in [2.45, 2.75) is 20.3 Å². The monoisotopic (exact) mass is 261 g/mol. The Kier molecular flexibility index (Phi) is 3.38. The van der Waals surface area contributed by atoms with E-state index in [-0.39, 0.29) is 17.9 Å². The maximum atomic E-state index is 12.0. The van der Waals surface area contributed by atoms with E-state index in [2.05, 4.69) is 0 Å². The van der Waals surface area contributed by atoms with E-state index >= 15 is 0 Å². The van der Waals surface area contributed by atoms with Gasteiger partial charge in [0.05, 0.1) is 5.52 Å². The minimum absolute atomic E-state index is 0.137. The third-order valence-corrected chi connectivity index (χ3v) is 2.90. The third kappa shape index (κ3) is 2.50. The highest BCUT2D eigenvalue weighted by Gasteiger charge is 2.18. The SMILES string of the molecule is CC(C)CC(=O)C(=O)c1ccc2oc(=O)n(C)c2c1. The van der Waals surface area contributed by atoms with Gasteiger partial charge in [0.15, 0.2) is 5.58 Å². The fourth-order valence-corrected chi connectivity index (χ4v) is 1.89. The number of rotatable bonds is 4. The Morgan fingerprint density at radius 3 is 2.63 bits per heavy atom. The van der Waals surface area contributed by atoms with Crippen LogP contribution in [-0.2, 0) is 11.8 Å². The lowest BCUT2D eigenvalue weighted by Crippen LogP contribution is -2.16. The zero-order valence-electron chi connectivity index (χ0n) is 11.1. The zero-order chi connectivity index (χ0) is 14.2. The van der Waals surface area contributed by atoms with E-state index in [0.717, 1.165) is 0 Å². The van der Waals surface area contributed by atoms with Crippen LogP contribution in [0.3, 0.4) is 0 Å². The molecule has 2 aromatic rings. The molecule has 0 saturated heterocycles. The van der Waals surface area contributed by atoms with Gasteiger partial charge in [-0.05, 0) is 24.1 Å². The van der Waals surface area contributed by atoms with Crippen molar-refractivity contribution in [1.29, 1.82) is 0 Å². The van der Waals surface area contributed by atoms with E-state index < -0.39 is 17.3 Å². The van der Waals surface area contributed by atoms with Gasteiger partial charge in [-0.1, -0.05) is 13.8 Å². The number of fused-ring (bicyclic) bond motifs is 1. The Bertz CT molecular complexity index is 706. The summed E-state index contributed by atoms with van der Waals surface area (Å²) < 4.78 is 6.27. The number of oxazole rings is 1. The first kappa shape index (κ1) is 13.3. The van der Waals surface area contributed by atoms with Crippen molar-refractivity contribution in [2.75, 3.05) is 0 Å². The summed E-state index contributed by atoms with van der Waals surface area (Å²) in [5.41, 5.74) is 1.20. The van der Waals surface area contributed by atoms with E-state index in [0.29, 0.717) is 11.1 Å². The van der Waals surface area contributed by atoms with Crippen molar-refractivity contribution in [3.05, 3.63) is 34.3 Å². The largest absolute Gasteiger partial charge is 0.419 e. The summed E-state index contributed by atoms with van der Waals surface area (Å²) in [5.74, 6) is -1.29. The molecule has 1 aromatic heterocycles. The van der Waals surface area contributed by atoms with Gasteiger partial charge in [0.25, 0.3) is 0 Å². The Morgan fingerprint density at radius 2 is 2.00 bits per heavy atom. The van der Waals surface area contributed by atoms with Crippen LogP contribution < -0.4 is 5.76 Å². The Morgan fingerprint density at radius 1 is 1.32 bits per heavy atom. The van der Waals surface area contributed by atoms with E-state index in [9.17, 15) is 14.4 Å². The van der Waals surface area contributed by atoms with Crippen molar-refractivity contribution >= 4 is 22.7 Å². The molecule has 19 heavy (non-hydrogen) atoms. The van der Waals surface area contributed by atoms with Crippen molar-refractivity contribution in [1.82, 2.24) is 4.57 Å². The smallest absolute Gasteiger partial charge is 0.408 e. The van der Waals surface area contributed by atoms with E-state index in [1.54, 1.807) is 7.05 Å². The van der Waals surface area contributed by atoms with Gasteiger partial charge in [-0.3, -0.25) is 14.2 Å². The number of nitrogens with zero attached hydrogens (tertiary/aromatic N) is 1. The van der Waals surface area contributed by atoms with Gasteiger partial charge in [0.1, 0.15) is 0 Å². The number of aryl methyl sites for hydroxylation is 1. The van der Waals surface area contributed by atoms with Gasteiger partial charge in [-0.2, -0.15) is 0 Å². The van der Waals surface area contributed by atoms with E-state index in [1.165, 1.54) is 22.8 Å². The number of carbonyl (C=O) groups is 2. The molecule has 0 amide bonds. The van der Waals surface area contributed by atoms with Crippen LogP contribution in [0, 0.1) is 5.92 Å². The maximum Gasteiger partial charge on any atom is 0.419 e. The number of carbonyl (C=O) groups excluding carboxylic acids is 2. The lowest BCUT2D eigenvalue weighted by atomic mass is 10.00. The number of Topliss-reactive ketones (excluding diaryl/α,β-unsaturated/α-hetero) is 2. The molecule has 0 aliphatic rings. The molecule has 100 valence electrons. The van der Waals surface area contributed by atoms with Crippen LogP contribution in [0.4, 0.5) is 0 Å². The highest BCUT2D eigenvalue weighted by Crippen LogP contribution is 2.16. The number of ketones is 2. The predicted octanol–water partition coefficient (Wildman–Crippen LogP) is 1.93. The Balaban J connectivity index is 2.41. The van der Waals surface area contributed by atoms with Gasteiger partial charge in [-0.15, -0.1) is 0 Å². The lowest BCUT2D eigenvalue weighted by molar-refractivity contribution is -0.115. The molecular formula is C14H15NO4. The molecule has 0 fully saturated rings. The second-order valence-corrected chi connectivity index (χ2v) is 4.96. The second kappa shape index (κ2) is 4.84. The van der Waals surface area contributed by atoms with Crippen LogP contribution in [0.1, 0.15) is 30.6 Å². The molecule has 0 aliphatic heterocycles. The van der Waals surface area contributed by atoms with Crippen molar-refractivity contribution in [3.8, 4) is 0 Å². The summed E-state index contributed by atoms with van der Waals surface area (Å²) in [7, 11) is 1.55. The van der Waals surface area contributed by atoms with Gasteiger partial charge in [0.2, 0.25) is 11.6 Å². The molecule has 1 aromatic carbocycles. The fraction of sp³-hybridized carbons (Fsp3) is 0.357. The molecule has 0 spiro atoms. The minimum atomic E-state index is -0.524. The first-order valence-electron chi connectivity index (χ1n) is 6.07. The van der Waals surface area contributed by atoms with Crippen molar-refractivity contribution in [2.24, 2.45) is 13.0 Å². The standard InChI is InChI=1S/C14H15NO4/c1-8(2)6-11(16)13(17)9-4-5-12-10(7-9)15(3)14(18)19-12/h4-5,7-8H,6H2,1-3H3. The number of benzene rings is 1. The predicted molar refractivity (Wildman–Crippen MR) is 70.2 cm³/mol. The molecule has 0 unspecified atom stereocenters. The molecular weight excluding hydrogens is 246 g/mol. The molecule has 0 aliphatic carbocycles. The Labute approximate surface area is 109 Å². The van der Waals surface area contributed by atoms with Crippen molar-refractivity contribution in [3.63, 3.8) is 0 Å². The number of aromatic nitrogens is 1. The summed E-state index contributed by atoms with van der Waals surface area (Å²) >= 11 is 0. The summed E-state index contributed by atoms with van der Waals surface area (Å²) in [6.45, 7) is 3.77. The third-order valence-electron chi connectivity index (χ3n) is 2.90. The van der Waals surface area contributed by atoms with Crippen LogP contribution in [0.25, 0.3) is 11.1 Å². The van der Waals surface area contributed by atoms with Gasteiger partial charge in [-0.25, -0.2) is 4.79 Å². The van der Waals surface area contributed by atoms with Gasteiger partial charge in [0, 0.05) is 19.0 Å². The normalized spacial score (nSPS) is 11.2. The number of hydrogen-bond acceptors (Lipinski definition) is 4. The summed E-state index contributed by atoms with van der Waals surface area (Å²) in [6, 6.07) is 4.55. The highest BCUT2D eigenvalue weighted by atomic mass is 16.4. The zero-order valence-corrected chi connectivity index (χ0v) is 11.1. The quantitative estimate of drug-likeness (QED) is 0.623. The molecule has 5 heteroatoms. The van der Waals surface area contributed by atoms with Crippen LogP contribution in [0.15, 0.2) is 27.4 Å². The summed E-state index contributed by atoms with van der Waals surface area (Å²) in [5, 5.41) is 0. The van der Waals surface area contributed by atoms with Crippen LogP contribution in [0.5, 0.6) is 0 Å². The van der Waals surface area contributed by atoms with Crippen molar-refractivity contribution < 1.29 is 14.0 Å². The molecule has 1 heterocycles. The molecule has 0 saturated carbocycles. The van der Waals surface area contributed by atoms with Gasteiger partial charge < -0.3 is 4.42 Å². The molecule has 0 atom stereocenters. The molecule has 0 N–H and O–H groups in total. The molecule has 0 radical (unpaired) electrons. The fourth-order valence-electron chi connectivity index (χ4n) is 1.89. The molecule has 2 rings (SSSR count). The van der Waals surface area contributed by atoms with Crippen LogP contribution >= 0.6 is 0 Å². The maximum absolute atomic E-state index is 12.0. The van der Waals surface area contributed by atoms with E-state index in [4.69, 9.17) is 4.42 Å². The molecule has 0 bridgehead atoms. The minimum Gasteiger partial charge on any atom is -0.408 e. The lowest BCUT2D eigenvalue weighted by Gasteiger charge is -2.03. The first-order valence-corrected chi connectivity index (χ1v) is 6.07. The van der Waals surface area contributed by atoms with Gasteiger partial charge >= 0.3 is 5.76 Å². The van der Waals surface area contributed by atoms with E-state index in [1.807, 2.05) is 13.8 Å². The highest BCUT2D eigenvalue weighted by molar-refractivity contribution is 6.43. The average Bonchev–Trinajstić information content (AvgIpc) is 2.63. The Hall–Kier alpha value is -2.17. The summed E-state index contributed by atoms with van der Waals surface area (Å²) in [6.07, 6.45) is 0.223. The topological polar surface area (TPSA) is 69.3 Å². The number of hydrogen-bond donors (Lipinski definition) is 0.